The number of nitrogens with zero attached hydrogens (tertiary/aromatic N) is 1. The Morgan fingerprint density at radius 3 is 3.07 bits per heavy atom. The lowest BCUT2D eigenvalue weighted by Gasteiger charge is -2.01. The quantitative estimate of drug-likeness (QED) is 0.556. The number of ether oxygens (including phenoxy) is 2. The molecule has 0 aliphatic heterocycles. The van der Waals surface area contributed by atoms with Gasteiger partial charge in [-0.2, -0.15) is 0 Å². The second-order valence-corrected chi connectivity index (χ2v) is 2.69. The van der Waals surface area contributed by atoms with E-state index in [1.54, 1.807) is 25.3 Å². The van der Waals surface area contributed by atoms with Gasteiger partial charge < -0.3 is 9.47 Å². The smallest absolute Gasteiger partial charge is 0.330 e. The first-order valence-corrected chi connectivity index (χ1v) is 4.61. The van der Waals surface area contributed by atoms with E-state index < -0.39 is 0 Å². The first-order chi connectivity index (χ1) is 7.27. The molecule has 0 N–H and O–H groups in total. The average Bonchev–Trinajstić information content (AvgIpc) is 2.27. The van der Waals surface area contributed by atoms with E-state index in [0.717, 1.165) is 5.56 Å². The molecule has 0 aromatic carbocycles. The highest BCUT2D eigenvalue weighted by atomic mass is 16.5. The normalized spacial score (nSPS) is 10.3. The van der Waals surface area contributed by atoms with Crippen LogP contribution >= 0.6 is 0 Å². The topological polar surface area (TPSA) is 48.4 Å². The van der Waals surface area contributed by atoms with Crippen LogP contribution in [0.4, 0.5) is 0 Å². The molecule has 1 heterocycles. The van der Waals surface area contributed by atoms with Gasteiger partial charge in [-0.3, -0.25) is 0 Å². The van der Waals surface area contributed by atoms with E-state index in [2.05, 4.69) is 4.98 Å². The van der Waals surface area contributed by atoms with Gasteiger partial charge in [0.05, 0.1) is 13.7 Å². The van der Waals surface area contributed by atoms with Gasteiger partial charge in [0.2, 0.25) is 5.88 Å². The van der Waals surface area contributed by atoms with Gasteiger partial charge in [0.1, 0.15) is 0 Å². The minimum Gasteiger partial charge on any atom is -0.481 e. The fourth-order valence-corrected chi connectivity index (χ4v) is 1.05. The van der Waals surface area contributed by atoms with Gasteiger partial charge in [-0.25, -0.2) is 9.78 Å². The minimum absolute atomic E-state index is 0.368. The van der Waals surface area contributed by atoms with Crippen molar-refractivity contribution in [2.75, 3.05) is 13.7 Å². The van der Waals surface area contributed by atoms with Crippen molar-refractivity contribution < 1.29 is 14.3 Å². The molecule has 1 aromatic heterocycles. The predicted molar refractivity (Wildman–Crippen MR) is 56.5 cm³/mol. The summed E-state index contributed by atoms with van der Waals surface area (Å²) in [4.78, 5) is 15.0. The first kappa shape index (κ1) is 11.2. The Morgan fingerprint density at radius 2 is 2.40 bits per heavy atom. The Labute approximate surface area is 88.5 Å². The molecular formula is C11H13NO3. The maximum atomic E-state index is 11.0. The molecule has 0 aliphatic carbocycles. The van der Waals surface area contributed by atoms with Crippen LogP contribution in [0.3, 0.4) is 0 Å². The van der Waals surface area contributed by atoms with Crippen molar-refractivity contribution >= 4 is 12.0 Å². The van der Waals surface area contributed by atoms with Crippen LogP contribution in [0.1, 0.15) is 12.5 Å². The molecule has 0 saturated heterocycles. The molecule has 0 bridgehead atoms. The summed E-state index contributed by atoms with van der Waals surface area (Å²) in [6, 6.07) is 3.58. The highest BCUT2D eigenvalue weighted by Gasteiger charge is 2.00. The minimum atomic E-state index is -0.372. The third-order valence-electron chi connectivity index (χ3n) is 1.68. The molecule has 1 aromatic rings. The lowest BCUT2D eigenvalue weighted by Crippen LogP contribution is -1.99. The van der Waals surface area contributed by atoms with E-state index in [-0.39, 0.29) is 5.97 Å². The second kappa shape index (κ2) is 5.80. The van der Waals surface area contributed by atoms with Crippen LogP contribution in [0, 0.1) is 0 Å². The Balaban J connectivity index is 2.75. The fourth-order valence-electron chi connectivity index (χ4n) is 1.05. The zero-order chi connectivity index (χ0) is 11.1. The summed E-state index contributed by atoms with van der Waals surface area (Å²) in [7, 11) is 1.53. The number of methoxy groups -OCH3 is 1. The van der Waals surface area contributed by atoms with Crippen LogP contribution in [0.2, 0.25) is 0 Å². The Bertz CT molecular complexity index is 361. The average molecular weight is 207 g/mol. The SMILES string of the molecule is CCOC(=O)/C=C\c1cccnc1OC. The Hall–Kier alpha value is -1.84. The van der Waals surface area contributed by atoms with Crippen molar-refractivity contribution in [1.82, 2.24) is 4.98 Å². The molecule has 4 nitrogen and oxygen atoms in total. The summed E-state index contributed by atoms with van der Waals surface area (Å²) < 4.78 is 9.77. The maximum absolute atomic E-state index is 11.0. The molecule has 0 spiro atoms. The Kier molecular flexibility index (Phi) is 4.34. The van der Waals surface area contributed by atoms with Gasteiger partial charge in [0.25, 0.3) is 0 Å². The second-order valence-electron chi connectivity index (χ2n) is 2.69. The van der Waals surface area contributed by atoms with Gasteiger partial charge in [-0.15, -0.1) is 0 Å². The molecule has 4 heteroatoms. The van der Waals surface area contributed by atoms with Crippen LogP contribution in [-0.2, 0) is 9.53 Å². The first-order valence-electron chi connectivity index (χ1n) is 4.61. The van der Waals surface area contributed by atoms with Crippen molar-refractivity contribution in [1.29, 1.82) is 0 Å². The van der Waals surface area contributed by atoms with Crippen molar-refractivity contribution in [2.24, 2.45) is 0 Å². The number of carbonyl (C=O) groups excluding carboxylic acids is 1. The van der Waals surface area contributed by atoms with Crippen molar-refractivity contribution in [2.45, 2.75) is 6.92 Å². The third-order valence-corrected chi connectivity index (χ3v) is 1.68. The van der Waals surface area contributed by atoms with Crippen LogP contribution in [0.15, 0.2) is 24.4 Å². The maximum Gasteiger partial charge on any atom is 0.330 e. The van der Waals surface area contributed by atoms with E-state index in [9.17, 15) is 4.79 Å². The monoisotopic (exact) mass is 207 g/mol. The largest absolute Gasteiger partial charge is 0.481 e. The molecule has 0 radical (unpaired) electrons. The molecule has 0 fully saturated rings. The lowest BCUT2D eigenvalue weighted by molar-refractivity contribution is -0.137. The van der Waals surface area contributed by atoms with Gasteiger partial charge in [-0.1, -0.05) is 0 Å². The summed E-state index contributed by atoms with van der Waals surface area (Å²) in [6.07, 6.45) is 4.59. The highest BCUT2D eigenvalue weighted by molar-refractivity contribution is 5.87. The number of hydrogen-bond donors (Lipinski definition) is 0. The molecule has 0 aliphatic rings. The number of hydrogen-bond acceptors (Lipinski definition) is 4. The van der Waals surface area contributed by atoms with Crippen molar-refractivity contribution in [3.63, 3.8) is 0 Å². The molecule has 1 rings (SSSR count). The molecule has 15 heavy (non-hydrogen) atoms. The van der Waals surface area contributed by atoms with Crippen LogP contribution in [0.25, 0.3) is 6.08 Å². The third kappa shape index (κ3) is 3.42. The van der Waals surface area contributed by atoms with Gasteiger partial charge >= 0.3 is 5.97 Å². The molecule has 0 unspecified atom stereocenters. The molecule has 0 amide bonds. The van der Waals surface area contributed by atoms with Gasteiger partial charge in [-0.05, 0) is 25.1 Å². The lowest BCUT2D eigenvalue weighted by atomic mass is 10.2. The van der Waals surface area contributed by atoms with Gasteiger partial charge in [0.15, 0.2) is 0 Å². The van der Waals surface area contributed by atoms with Crippen LogP contribution in [0.5, 0.6) is 5.88 Å². The molecule has 0 saturated carbocycles. The Morgan fingerprint density at radius 1 is 1.60 bits per heavy atom. The highest BCUT2D eigenvalue weighted by Crippen LogP contribution is 2.14. The zero-order valence-electron chi connectivity index (χ0n) is 8.77. The number of rotatable bonds is 4. The van der Waals surface area contributed by atoms with Crippen molar-refractivity contribution in [3.8, 4) is 5.88 Å². The van der Waals surface area contributed by atoms with E-state index >= 15 is 0 Å². The van der Waals surface area contributed by atoms with E-state index in [4.69, 9.17) is 9.47 Å². The summed E-state index contributed by atoms with van der Waals surface area (Å²) >= 11 is 0. The number of pyridine rings is 1. The standard InChI is InChI=1S/C11H13NO3/c1-3-15-10(13)7-6-9-5-4-8-12-11(9)14-2/h4-8H,3H2,1-2H3/b7-6-. The molecule has 0 atom stereocenters. The number of aromatic nitrogens is 1. The van der Waals surface area contributed by atoms with E-state index in [1.807, 2.05) is 6.07 Å². The predicted octanol–water partition coefficient (Wildman–Crippen LogP) is 1.67. The number of carbonyl (C=O) groups is 1. The van der Waals surface area contributed by atoms with Crippen molar-refractivity contribution in [3.05, 3.63) is 30.0 Å². The van der Waals surface area contributed by atoms with E-state index in [1.165, 1.54) is 13.2 Å². The van der Waals surface area contributed by atoms with Crippen LogP contribution in [-0.4, -0.2) is 24.7 Å². The summed E-state index contributed by atoms with van der Waals surface area (Å²) in [5.74, 6) is 0.112. The van der Waals surface area contributed by atoms with Crippen LogP contribution < -0.4 is 4.74 Å². The number of esters is 1. The zero-order valence-corrected chi connectivity index (χ0v) is 8.77. The summed E-state index contributed by atoms with van der Waals surface area (Å²) in [6.45, 7) is 2.13. The molecular weight excluding hydrogens is 194 g/mol. The fraction of sp³-hybridized carbons (Fsp3) is 0.273. The van der Waals surface area contributed by atoms with E-state index in [0.29, 0.717) is 12.5 Å². The summed E-state index contributed by atoms with van der Waals surface area (Å²) in [5.41, 5.74) is 0.744. The molecule has 80 valence electrons. The van der Waals surface area contributed by atoms with Gasteiger partial charge in [0, 0.05) is 17.8 Å². The summed E-state index contributed by atoms with van der Waals surface area (Å²) in [5, 5.41) is 0.